The van der Waals surface area contributed by atoms with E-state index in [9.17, 15) is 19.5 Å². The van der Waals surface area contributed by atoms with Gasteiger partial charge < -0.3 is 30.4 Å². The zero-order valence-electron chi connectivity index (χ0n) is 19.9. The van der Waals surface area contributed by atoms with Crippen LogP contribution in [-0.2, 0) is 27.3 Å². The maximum Gasteiger partial charge on any atom is 0.341 e. The second kappa shape index (κ2) is 11.3. The number of morpholine rings is 1. The fourth-order valence-corrected chi connectivity index (χ4v) is 4.54. The molecule has 0 spiro atoms. The molecule has 3 rings (SSSR count). The van der Waals surface area contributed by atoms with E-state index in [-0.39, 0.29) is 17.9 Å². The van der Waals surface area contributed by atoms with Gasteiger partial charge in [0.05, 0.1) is 37.5 Å². The average molecular weight is 476 g/mol. The third-order valence-electron chi connectivity index (χ3n) is 6.39. The Hall–Kier alpha value is -3.11. The summed E-state index contributed by atoms with van der Waals surface area (Å²) in [5.41, 5.74) is 8.84. The number of rotatable bonds is 10. The molecule has 186 valence electrons. The number of esters is 1. The van der Waals surface area contributed by atoms with Crippen molar-refractivity contribution >= 4 is 23.7 Å². The van der Waals surface area contributed by atoms with Crippen molar-refractivity contribution in [3.8, 4) is 5.75 Å². The van der Waals surface area contributed by atoms with Crippen molar-refractivity contribution < 1.29 is 33.7 Å². The number of carbonyl (C=O) groups is 3. The van der Waals surface area contributed by atoms with Crippen LogP contribution < -0.4 is 15.8 Å². The van der Waals surface area contributed by atoms with E-state index in [2.05, 4.69) is 10.2 Å². The third kappa shape index (κ3) is 5.87. The van der Waals surface area contributed by atoms with Crippen LogP contribution >= 0.6 is 0 Å². The number of urea groups is 1. The summed E-state index contributed by atoms with van der Waals surface area (Å²) in [7, 11) is 1.52. The van der Waals surface area contributed by atoms with Gasteiger partial charge in [-0.25, -0.2) is 9.59 Å². The quantitative estimate of drug-likeness (QED) is 0.346. The fraction of sp³-hybridized carbons (Fsp3) is 0.542. The molecule has 2 amide bonds. The first kappa shape index (κ1) is 25.5. The summed E-state index contributed by atoms with van der Waals surface area (Å²) in [5.74, 6) is -1.33. The molecule has 0 aromatic heterocycles. The highest BCUT2D eigenvalue weighted by Gasteiger charge is 2.32. The summed E-state index contributed by atoms with van der Waals surface area (Å²) in [6, 6.07) is -0.802. The minimum Gasteiger partial charge on any atom is -0.496 e. The van der Waals surface area contributed by atoms with Crippen LogP contribution in [0.25, 0.3) is 0 Å². The molecule has 0 saturated carbocycles. The molecule has 1 fully saturated rings. The third-order valence-corrected chi connectivity index (χ3v) is 6.39. The monoisotopic (exact) mass is 475 g/mol. The van der Waals surface area contributed by atoms with Crippen molar-refractivity contribution in [1.29, 1.82) is 0 Å². The number of ether oxygens (including phenoxy) is 3. The van der Waals surface area contributed by atoms with Gasteiger partial charge in [-0.1, -0.05) is 11.6 Å². The topological polar surface area (TPSA) is 140 Å². The number of hydrogen-bond donors (Lipinski definition) is 3. The second-order valence-corrected chi connectivity index (χ2v) is 8.67. The van der Waals surface area contributed by atoms with E-state index in [1.54, 1.807) is 0 Å². The number of allylic oxidation sites excluding steroid dienone is 2. The molecule has 10 heteroatoms. The van der Waals surface area contributed by atoms with E-state index in [0.717, 1.165) is 24.2 Å². The second-order valence-electron chi connectivity index (χ2n) is 8.67. The molecule has 0 aliphatic carbocycles. The lowest BCUT2D eigenvalue weighted by molar-refractivity contribution is -0.142. The molecule has 1 saturated heterocycles. The Morgan fingerprint density at radius 1 is 1.32 bits per heavy atom. The number of amides is 2. The Labute approximate surface area is 199 Å². The van der Waals surface area contributed by atoms with Gasteiger partial charge in [0.2, 0.25) is 0 Å². The number of benzene rings is 1. The number of nitrogens with zero attached hydrogens (tertiary/aromatic N) is 1. The number of aliphatic carboxylic acids is 1. The molecule has 2 aliphatic heterocycles. The van der Waals surface area contributed by atoms with Crippen LogP contribution in [0.5, 0.6) is 5.75 Å². The summed E-state index contributed by atoms with van der Waals surface area (Å²) >= 11 is 0. The zero-order chi connectivity index (χ0) is 24.8. The van der Waals surface area contributed by atoms with Crippen molar-refractivity contribution in [2.45, 2.75) is 39.7 Å². The highest BCUT2D eigenvalue weighted by molar-refractivity contribution is 6.05. The molecular weight excluding hydrogens is 442 g/mol. The first-order chi connectivity index (χ1) is 16.2. The number of methoxy groups -OCH3 is 1. The molecule has 4 N–H and O–H groups in total. The molecule has 1 aromatic rings. The predicted octanol–water partition coefficient (Wildman–Crippen LogP) is 2.47. The molecule has 2 aliphatic rings. The number of anilines is 1. The van der Waals surface area contributed by atoms with E-state index >= 15 is 0 Å². The number of hydrogen-bond acceptors (Lipinski definition) is 7. The van der Waals surface area contributed by atoms with E-state index < -0.39 is 23.9 Å². The number of nitrogens with two attached hydrogens (primary N) is 1. The van der Waals surface area contributed by atoms with Gasteiger partial charge in [-0.15, -0.1) is 0 Å². The number of carboxylic acids is 1. The Kier molecular flexibility index (Phi) is 8.51. The summed E-state index contributed by atoms with van der Waals surface area (Å²) in [6.45, 7) is 7.50. The SMILES string of the molecule is COc1c(C)c2c(c(NC(N)=O)c1C/C=C(\C)CC(CCN1CCOCC1)C(=O)O)C(=O)OC2. The van der Waals surface area contributed by atoms with E-state index in [0.29, 0.717) is 55.9 Å². The van der Waals surface area contributed by atoms with Crippen LogP contribution in [-0.4, -0.2) is 67.9 Å². The number of fused-ring (bicyclic) bond motifs is 1. The molecule has 0 radical (unpaired) electrons. The standard InChI is InChI=1S/C24H33N3O7/c1-14(12-16(22(28)29)6-7-27-8-10-33-11-9-27)4-5-17-20(26-24(25)31)19-18(13-34-23(19)30)15(2)21(17)32-3/h4,16H,5-13H2,1-3H3,(H,28,29)(H3,25,26,31)/b14-4+. The highest BCUT2D eigenvalue weighted by Crippen LogP contribution is 2.41. The molecule has 1 atom stereocenters. The Balaban J connectivity index is 1.81. The van der Waals surface area contributed by atoms with Crippen LogP contribution in [0.3, 0.4) is 0 Å². The summed E-state index contributed by atoms with van der Waals surface area (Å²) in [4.78, 5) is 38.2. The maximum absolute atomic E-state index is 12.4. The Morgan fingerprint density at radius 2 is 2.03 bits per heavy atom. The van der Waals surface area contributed by atoms with Crippen LogP contribution in [0.15, 0.2) is 11.6 Å². The van der Waals surface area contributed by atoms with E-state index in [1.807, 2.05) is 19.9 Å². The van der Waals surface area contributed by atoms with Gasteiger partial charge in [0.25, 0.3) is 0 Å². The molecule has 2 heterocycles. The van der Waals surface area contributed by atoms with Gasteiger partial charge in [-0.3, -0.25) is 9.69 Å². The molecule has 0 bridgehead atoms. The lowest BCUT2D eigenvalue weighted by atomic mass is 9.92. The average Bonchev–Trinajstić information content (AvgIpc) is 3.19. The zero-order valence-corrected chi connectivity index (χ0v) is 19.9. The van der Waals surface area contributed by atoms with Crippen LogP contribution in [0.2, 0.25) is 0 Å². The van der Waals surface area contributed by atoms with Gasteiger partial charge >= 0.3 is 18.0 Å². The summed E-state index contributed by atoms with van der Waals surface area (Å²) in [6.07, 6.45) is 3.16. The number of primary amides is 1. The summed E-state index contributed by atoms with van der Waals surface area (Å²) in [5, 5.41) is 12.3. The number of carboxylic acid groups (broad SMARTS) is 1. The lowest BCUT2D eigenvalue weighted by Crippen LogP contribution is -2.38. The maximum atomic E-state index is 12.4. The van der Waals surface area contributed by atoms with Crippen molar-refractivity contribution in [2.24, 2.45) is 11.7 Å². The molecular formula is C24H33N3O7. The van der Waals surface area contributed by atoms with Crippen LogP contribution in [0.1, 0.15) is 46.8 Å². The molecule has 10 nitrogen and oxygen atoms in total. The van der Waals surface area contributed by atoms with Gasteiger partial charge in [-0.2, -0.15) is 0 Å². The summed E-state index contributed by atoms with van der Waals surface area (Å²) < 4.78 is 16.1. The van der Waals surface area contributed by atoms with Crippen molar-refractivity contribution in [3.63, 3.8) is 0 Å². The minimum atomic E-state index is -0.828. The smallest absolute Gasteiger partial charge is 0.341 e. The molecule has 34 heavy (non-hydrogen) atoms. The number of nitrogens with one attached hydrogen (secondary N) is 1. The Bertz CT molecular complexity index is 984. The largest absolute Gasteiger partial charge is 0.496 e. The molecule has 1 unspecified atom stereocenters. The Morgan fingerprint density at radius 3 is 2.65 bits per heavy atom. The first-order valence-electron chi connectivity index (χ1n) is 11.4. The van der Waals surface area contributed by atoms with Crippen molar-refractivity contribution in [2.75, 3.05) is 45.3 Å². The van der Waals surface area contributed by atoms with Crippen molar-refractivity contribution in [3.05, 3.63) is 33.9 Å². The van der Waals surface area contributed by atoms with Gasteiger partial charge in [0.15, 0.2) is 0 Å². The fourth-order valence-electron chi connectivity index (χ4n) is 4.54. The first-order valence-corrected chi connectivity index (χ1v) is 11.4. The van der Waals surface area contributed by atoms with E-state index in [1.165, 1.54) is 7.11 Å². The van der Waals surface area contributed by atoms with Gasteiger partial charge in [0, 0.05) is 24.2 Å². The van der Waals surface area contributed by atoms with Crippen molar-refractivity contribution in [1.82, 2.24) is 4.90 Å². The lowest BCUT2D eigenvalue weighted by Gasteiger charge is -2.27. The number of cyclic esters (lactones) is 1. The highest BCUT2D eigenvalue weighted by atomic mass is 16.5. The van der Waals surface area contributed by atoms with Gasteiger partial charge in [0.1, 0.15) is 12.4 Å². The van der Waals surface area contributed by atoms with Crippen LogP contribution in [0.4, 0.5) is 10.5 Å². The number of carbonyl (C=O) groups excluding carboxylic acids is 2. The van der Waals surface area contributed by atoms with Crippen LogP contribution in [0, 0.1) is 12.8 Å². The predicted molar refractivity (Wildman–Crippen MR) is 125 cm³/mol. The molecule has 1 aromatic carbocycles. The van der Waals surface area contributed by atoms with E-state index in [4.69, 9.17) is 19.9 Å². The minimum absolute atomic E-state index is 0.0996. The normalized spacial score (nSPS) is 17.1. The van der Waals surface area contributed by atoms with Gasteiger partial charge in [-0.05, 0) is 45.2 Å².